The van der Waals surface area contributed by atoms with Gasteiger partial charge in [0.1, 0.15) is 17.1 Å². The lowest BCUT2D eigenvalue weighted by Gasteiger charge is -2.11. The number of carboxylic acid groups (broad SMARTS) is 1. The van der Waals surface area contributed by atoms with Crippen molar-refractivity contribution in [3.05, 3.63) is 47.5 Å². The third kappa shape index (κ3) is 2.93. The van der Waals surface area contributed by atoms with Crippen LogP contribution >= 0.6 is 0 Å². The first-order valence-corrected chi connectivity index (χ1v) is 6.01. The number of hydrogen-bond donors (Lipinski definition) is 1. The number of aryl methyl sites for hydroxylation is 2. The standard InChI is InChI=1S/C14H16N2O3/c1-10-4-3-5-11(14(17)18)13(10)19-9-6-12-15-7-8-16(12)2/h3-5,7-8H,6,9H2,1-2H3,(H,17,18). The summed E-state index contributed by atoms with van der Waals surface area (Å²) in [5, 5.41) is 9.12. The van der Waals surface area contributed by atoms with Gasteiger partial charge in [0.15, 0.2) is 0 Å². The van der Waals surface area contributed by atoms with E-state index in [9.17, 15) is 4.79 Å². The number of imidazole rings is 1. The molecule has 0 fully saturated rings. The molecule has 0 saturated heterocycles. The summed E-state index contributed by atoms with van der Waals surface area (Å²) in [5.74, 6) is 0.366. The second-order valence-corrected chi connectivity index (χ2v) is 4.31. The van der Waals surface area contributed by atoms with E-state index in [2.05, 4.69) is 4.98 Å². The average Bonchev–Trinajstić information content (AvgIpc) is 2.77. The third-order valence-corrected chi connectivity index (χ3v) is 2.94. The van der Waals surface area contributed by atoms with Gasteiger partial charge in [-0.25, -0.2) is 9.78 Å². The highest BCUT2D eigenvalue weighted by molar-refractivity contribution is 5.91. The van der Waals surface area contributed by atoms with Crippen molar-refractivity contribution in [2.75, 3.05) is 6.61 Å². The monoisotopic (exact) mass is 260 g/mol. The van der Waals surface area contributed by atoms with Crippen molar-refractivity contribution in [3.8, 4) is 5.75 Å². The Balaban J connectivity index is 2.07. The van der Waals surface area contributed by atoms with Crippen molar-refractivity contribution in [2.24, 2.45) is 7.05 Å². The predicted molar refractivity (Wildman–Crippen MR) is 70.5 cm³/mol. The van der Waals surface area contributed by atoms with Gasteiger partial charge in [-0.2, -0.15) is 0 Å². The van der Waals surface area contributed by atoms with Crippen LogP contribution in [0.3, 0.4) is 0 Å². The molecule has 19 heavy (non-hydrogen) atoms. The van der Waals surface area contributed by atoms with Gasteiger partial charge >= 0.3 is 5.97 Å². The molecule has 0 amide bonds. The summed E-state index contributed by atoms with van der Waals surface area (Å²) in [6, 6.07) is 5.10. The first-order chi connectivity index (χ1) is 9.09. The van der Waals surface area contributed by atoms with Gasteiger partial charge in [-0.3, -0.25) is 0 Å². The molecule has 1 heterocycles. The van der Waals surface area contributed by atoms with Gasteiger partial charge in [0.2, 0.25) is 0 Å². The fourth-order valence-electron chi connectivity index (χ4n) is 1.89. The minimum atomic E-state index is -0.976. The average molecular weight is 260 g/mol. The predicted octanol–water partition coefficient (Wildman–Crippen LogP) is 2.05. The fraction of sp³-hybridized carbons (Fsp3) is 0.286. The van der Waals surface area contributed by atoms with E-state index < -0.39 is 5.97 Å². The molecule has 0 aliphatic rings. The minimum absolute atomic E-state index is 0.194. The number of aromatic carboxylic acids is 1. The van der Waals surface area contributed by atoms with E-state index in [4.69, 9.17) is 9.84 Å². The highest BCUT2D eigenvalue weighted by Crippen LogP contribution is 2.23. The SMILES string of the molecule is Cc1cccc(C(=O)O)c1OCCc1nccn1C. The van der Waals surface area contributed by atoms with Crippen molar-refractivity contribution < 1.29 is 14.6 Å². The number of carbonyl (C=O) groups is 1. The summed E-state index contributed by atoms with van der Waals surface area (Å²) in [5.41, 5.74) is 1.01. The third-order valence-electron chi connectivity index (χ3n) is 2.94. The number of para-hydroxylation sites is 1. The Morgan fingerprint density at radius 1 is 1.47 bits per heavy atom. The van der Waals surface area contributed by atoms with Crippen LogP contribution < -0.4 is 4.74 Å². The molecule has 0 unspecified atom stereocenters. The van der Waals surface area contributed by atoms with Crippen LogP contribution in [0.5, 0.6) is 5.75 Å². The van der Waals surface area contributed by atoms with Crippen molar-refractivity contribution in [2.45, 2.75) is 13.3 Å². The molecule has 5 nitrogen and oxygen atoms in total. The molecule has 0 radical (unpaired) electrons. The van der Waals surface area contributed by atoms with E-state index in [1.807, 2.05) is 30.8 Å². The minimum Gasteiger partial charge on any atom is -0.492 e. The topological polar surface area (TPSA) is 64.3 Å². The van der Waals surface area contributed by atoms with Crippen molar-refractivity contribution in [3.63, 3.8) is 0 Å². The molecule has 2 aromatic rings. The Kier molecular flexibility index (Phi) is 3.85. The van der Waals surface area contributed by atoms with Gasteiger partial charge in [-0.15, -0.1) is 0 Å². The largest absolute Gasteiger partial charge is 0.492 e. The van der Waals surface area contributed by atoms with E-state index >= 15 is 0 Å². The van der Waals surface area contributed by atoms with Gasteiger partial charge < -0.3 is 14.4 Å². The Hall–Kier alpha value is -2.30. The number of nitrogens with zero attached hydrogens (tertiary/aromatic N) is 2. The maximum atomic E-state index is 11.1. The lowest BCUT2D eigenvalue weighted by Crippen LogP contribution is -2.09. The van der Waals surface area contributed by atoms with Crippen LogP contribution in [0.2, 0.25) is 0 Å². The van der Waals surface area contributed by atoms with Gasteiger partial charge in [-0.1, -0.05) is 12.1 Å². The van der Waals surface area contributed by atoms with E-state index in [0.29, 0.717) is 18.8 Å². The zero-order valence-electron chi connectivity index (χ0n) is 11.0. The summed E-state index contributed by atoms with van der Waals surface area (Å²) in [6.45, 7) is 2.23. The molecule has 0 aliphatic heterocycles. The maximum Gasteiger partial charge on any atom is 0.339 e. The number of aromatic nitrogens is 2. The lowest BCUT2D eigenvalue weighted by atomic mass is 10.1. The second-order valence-electron chi connectivity index (χ2n) is 4.31. The van der Waals surface area contributed by atoms with Crippen molar-refractivity contribution >= 4 is 5.97 Å². The molecule has 1 N–H and O–H groups in total. The number of hydrogen-bond acceptors (Lipinski definition) is 3. The van der Waals surface area contributed by atoms with Crippen LogP contribution in [0.25, 0.3) is 0 Å². The Morgan fingerprint density at radius 2 is 2.26 bits per heavy atom. The van der Waals surface area contributed by atoms with Crippen molar-refractivity contribution in [1.29, 1.82) is 0 Å². The molecule has 5 heteroatoms. The summed E-state index contributed by atoms with van der Waals surface area (Å²) >= 11 is 0. The van der Waals surface area contributed by atoms with E-state index in [1.165, 1.54) is 0 Å². The first-order valence-electron chi connectivity index (χ1n) is 6.01. The molecule has 100 valence electrons. The molecule has 0 atom stereocenters. The van der Waals surface area contributed by atoms with Gasteiger partial charge in [0.05, 0.1) is 6.61 Å². The molecular formula is C14H16N2O3. The fourth-order valence-corrected chi connectivity index (χ4v) is 1.89. The van der Waals surface area contributed by atoms with E-state index in [0.717, 1.165) is 11.4 Å². The number of benzene rings is 1. The van der Waals surface area contributed by atoms with E-state index in [1.54, 1.807) is 18.3 Å². The number of ether oxygens (including phenoxy) is 1. The maximum absolute atomic E-state index is 11.1. The smallest absolute Gasteiger partial charge is 0.339 e. The Labute approximate surface area is 111 Å². The van der Waals surface area contributed by atoms with Gasteiger partial charge in [0.25, 0.3) is 0 Å². The first kappa shape index (κ1) is 13.1. The summed E-state index contributed by atoms with van der Waals surface area (Å²) in [4.78, 5) is 15.3. The molecule has 2 rings (SSSR count). The van der Waals surface area contributed by atoms with E-state index in [-0.39, 0.29) is 5.56 Å². The van der Waals surface area contributed by atoms with Crippen LogP contribution in [-0.2, 0) is 13.5 Å². The quantitative estimate of drug-likeness (QED) is 0.893. The Morgan fingerprint density at radius 3 is 2.89 bits per heavy atom. The number of carboxylic acids is 1. The van der Waals surface area contributed by atoms with Gasteiger partial charge in [0, 0.05) is 25.9 Å². The molecule has 0 spiro atoms. The van der Waals surface area contributed by atoms with Crippen LogP contribution in [0.4, 0.5) is 0 Å². The summed E-state index contributed by atoms with van der Waals surface area (Å²) < 4.78 is 7.54. The lowest BCUT2D eigenvalue weighted by molar-refractivity contribution is 0.0692. The van der Waals surface area contributed by atoms with Crippen LogP contribution in [-0.4, -0.2) is 27.2 Å². The van der Waals surface area contributed by atoms with Gasteiger partial charge in [-0.05, 0) is 18.6 Å². The Bertz CT molecular complexity index is 590. The molecular weight excluding hydrogens is 244 g/mol. The summed E-state index contributed by atoms with van der Waals surface area (Å²) in [6.07, 6.45) is 4.23. The van der Waals surface area contributed by atoms with Crippen LogP contribution in [0.1, 0.15) is 21.7 Å². The highest BCUT2D eigenvalue weighted by Gasteiger charge is 2.13. The number of rotatable bonds is 5. The zero-order valence-corrected chi connectivity index (χ0v) is 11.0. The molecule has 1 aromatic carbocycles. The normalized spacial score (nSPS) is 10.4. The summed E-state index contributed by atoms with van der Waals surface area (Å²) in [7, 11) is 1.92. The highest BCUT2D eigenvalue weighted by atomic mass is 16.5. The molecule has 1 aromatic heterocycles. The molecule has 0 saturated carbocycles. The van der Waals surface area contributed by atoms with Crippen molar-refractivity contribution in [1.82, 2.24) is 9.55 Å². The van der Waals surface area contributed by atoms with Crippen LogP contribution in [0.15, 0.2) is 30.6 Å². The molecule has 0 aliphatic carbocycles. The molecule has 0 bridgehead atoms. The second kappa shape index (κ2) is 5.56. The zero-order chi connectivity index (χ0) is 13.8. The van der Waals surface area contributed by atoms with Crippen LogP contribution in [0, 0.1) is 6.92 Å².